The fourth-order valence-electron chi connectivity index (χ4n) is 3.52. The number of methoxy groups -OCH3 is 1. The Hall–Kier alpha value is -0.530. The summed E-state index contributed by atoms with van der Waals surface area (Å²) in [5.41, 5.74) is 0. The van der Waals surface area contributed by atoms with Gasteiger partial charge >= 0.3 is 5.97 Å². The molecule has 0 bridgehead atoms. The number of hydrogen-bond donors (Lipinski definition) is 0. The summed E-state index contributed by atoms with van der Waals surface area (Å²) in [6.45, 7) is 0. The van der Waals surface area contributed by atoms with E-state index in [0.29, 0.717) is 11.8 Å². The van der Waals surface area contributed by atoms with Gasteiger partial charge in [-0.3, -0.25) is 4.79 Å². The van der Waals surface area contributed by atoms with E-state index in [1.807, 2.05) is 0 Å². The Morgan fingerprint density at radius 1 is 1.07 bits per heavy atom. The second-order valence-corrected chi connectivity index (χ2v) is 5.29. The maximum absolute atomic E-state index is 11.4. The molecule has 0 aromatic heterocycles. The van der Waals surface area contributed by atoms with Crippen LogP contribution in [0.1, 0.15) is 32.1 Å². The first-order valence-electron chi connectivity index (χ1n) is 5.89. The van der Waals surface area contributed by atoms with Crippen molar-refractivity contribution in [2.75, 3.05) is 7.11 Å². The third-order valence-electron chi connectivity index (χ3n) is 4.54. The fourth-order valence-corrected chi connectivity index (χ4v) is 3.52. The van der Waals surface area contributed by atoms with Crippen LogP contribution in [0.3, 0.4) is 0 Å². The molecule has 0 aromatic rings. The van der Waals surface area contributed by atoms with Crippen LogP contribution in [0.4, 0.5) is 0 Å². The highest BCUT2D eigenvalue weighted by atomic mass is 16.5. The topological polar surface area (TPSA) is 26.3 Å². The molecule has 3 rings (SSSR count). The van der Waals surface area contributed by atoms with Crippen LogP contribution < -0.4 is 0 Å². The maximum atomic E-state index is 11.4. The van der Waals surface area contributed by atoms with Gasteiger partial charge in [0, 0.05) is 0 Å². The number of hydrogen-bond acceptors (Lipinski definition) is 2. The van der Waals surface area contributed by atoms with E-state index < -0.39 is 0 Å². The zero-order valence-corrected chi connectivity index (χ0v) is 8.74. The summed E-state index contributed by atoms with van der Waals surface area (Å²) in [7, 11) is 1.52. The van der Waals surface area contributed by atoms with Crippen LogP contribution in [0.15, 0.2) is 0 Å². The molecule has 0 heterocycles. The summed E-state index contributed by atoms with van der Waals surface area (Å²) in [5.74, 6) is 3.69. The Labute approximate surface area is 85.0 Å². The van der Waals surface area contributed by atoms with Gasteiger partial charge in [-0.2, -0.15) is 0 Å². The first-order chi connectivity index (χ1) is 6.81. The van der Waals surface area contributed by atoms with Crippen molar-refractivity contribution in [3.8, 4) is 0 Å². The summed E-state index contributed by atoms with van der Waals surface area (Å²) >= 11 is 0. The largest absolute Gasteiger partial charge is 0.469 e. The zero-order chi connectivity index (χ0) is 9.71. The minimum Gasteiger partial charge on any atom is -0.469 e. The summed E-state index contributed by atoms with van der Waals surface area (Å²) in [4.78, 5) is 11.4. The molecule has 0 saturated heterocycles. The highest BCUT2D eigenvalue weighted by Crippen LogP contribution is 2.60. The lowest BCUT2D eigenvalue weighted by Gasteiger charge is -2.19. The second-order valence-electron chi connectivity index (χ2n) is 5.29. The Bertz CT molecular complexity index is 257. The normalized spacial score (nSPS) is 45.5. The van der Waals surface area contributed by atoms with E-state index in [0.717, 1.165) is 11.8 Å². The predicted octanol–water partition coefficient (Wildman–Crippen LogP) is 2.23. The van der Waals surface area contributed by atoms with Crippen molar-refractivity contribution in [3.63, 3.8) is 0 Å². The molecule has 14 heavy (non-hydrogen) atoms. The SMILES string of the molecule is COC(=O)C1C2CCC(C3CC3)CC21. The molecule has 4 atom stereocenters. The van der Waals surface area contributed by atoms with Gasteiger partial charge in [0.2, 0.25) is 0 Å². The molecule has 4 unspecified atom stereocenters. The first kappa shape index (κ1) is 8.75. The number of carbonyl (C=O) groups excluding carboxylic acids is 1. The molecule has 78 valence electrons. The molecule has 0 spiro atoms. The molecule has 3 saturated carbocycles. The second kappa shape index (κ2) is 2.98. The molecule has 2 heteroatoms. The van der Waals surface area contributed by atoms with Crippen molar-refractivity contribution in [2.45, 2.75) is 32.1 Å². The molecule has 2 nitrogen and oxygen atoms in total. The average molecular weight is 194 g/mol. The predicted molar refractivity (Wildman–Crippen MR) is 52.6 cm³/mol. The Morgan fingerprint density at radius 3 is 2.43 bits per heavy atom. The van der Waals surface area contributed by atoms with Crippen molar-refractivity contribution in [2.24, 2.45) is 29.6 Å². The molecule has 0 N–H and O–H groups in total. The monoisotopic (exact) mass is 194 g/mol. The van der Waals surface area contributed by atoms with Crippen molar-refractivity contribution in [3.05, 3.63) is 0 Å². The molecular weight excluding hydrogens is 176 g/mol. The van der Waals surface area contributed by atoms with Crippen LogP contribution in [0.25, 0.3) is 0 Å². The van der Waals surface area contributed by atoms with Crippen LogP contribution in [0, 0.1) is 29.6 Å². The summed E-state index contributed by atoms with van der Waals surface area (Å²) in [6, 6.07) is 0. The average Bonchev–Trinajstić information content (AvgIpc) is 3.08. The van der Waals surface area contributed by atoms with Crippen LogP contribution in [-0.4, -0.2) is 13.1 Å². The van der Waals surface area contributed by atoms with Gasteiger partial charge in [-0.15, -0.1) is 0 Å². The van der Waals surface area contributed by atoms with Crippen LogP contribution in [0.5, 0.6) is 0 Å². The molecule has 3 aliphatic carbocycles. The van der Waals surface area contributed by atoms with Gasteiger partial charge in [0.1, 0.15) is 0 Å². The van der Waals surface area contributed by atoms with Crippen LogP contribution in [-0.2, 0) is 9.53 Å². The number of esters is 1. The van der Waals surface area contributed by atoms with E-state index in [1.54, 1.807) is 0 Å². The first-order valence-corrected chi connectivity index (χ1v) is 5.89. The summed E-state index contributed by atoms with van der Waals surface area (Å²) in [6.07, 6.45) is 6.87. The highest BCUT2D eigenvalue weighted by Gasteiger charge is 2.58. The lowest BCUT2D eigenvalue weighted by atomic mass is 9.86. The van der Waals surface area contributed by atoms with Crippen molar-refractivity contribution in [1.82, 2.24) is 0 Å². The molecule has 0 aliphatic heterocycles. The Morgan fingerprint density at radius 2 is 1.79 bits per heavy atom. The molecular formula is C12H18O2. The molecule has 0 amide bonds. The molecule has 3 aliphatic rings. The zero-order valence-electron chi connectivity index (χ0n) is 8.74. The Kier molecular flexibility index (Phi) is 1.86. The maximum Gasteiger partial charge on any atom is 0.309 e. The number of ether oxygens (including phenoxy) is 1. The lowest BCUT2D eigenvalue weighted by Crippen LogP contribution is -2.10. The smallest absolute Gasteiger partial charge is 0.309 e. The quantitative estimate of drug-likeness (QED) is 0.630. The van der Waals surface area contributed by atoms with Gasteiger partial charge in [0.25, 0.3) is 0 Å². The van der Waals surface area contributed by atoms with Gasteiger partial charge in [-0.25, -0.2) is 0 Å². The van der Waals surface area contributed by atoms with E-state index in [9.17, 15) is 4.79 Å². The molecule has 0 aromatic carbocycles. The highest BCUT2D eigenvalue weighted by molar-refractivity contribution is 5.76. The number of rotatable bonds is 2. The lowest BCUT2D eigenvalue weighted by molar-refractivity contribution is -0.142. The van der Waals surface area contributed by atoms with Crippen LogP contribution in [0.2, 0.25) is 0 Å². The van der Waals surface area contributed by atoms with E-state index >= 15 is 0 Å². The fraction of sp³-hybridized carbons (Fsp3) is 0.917. The van der Waals surface area contributed by atoms with Crippen molar-refractivity contribution < 1.29 is 9.53 Å². The van der Waals surface area contributed by atoms with E-state index in [1.165, 1.54) is 39.2 Å². The van der Waals surface area contributed by atoms with E-state index in [2.05, 4.69) is 0 Å². The van der Waals surface area contributed by atoms with E-state index in [-0.39, 0.29) is 11.9 Å². The van der Waals surface area contributed by atoms with Crippen LogP contribution >= 0.6 is 0 Å². The van der Waals surface area contributed by atoms with Gasteiger partial charge < -0.3 is 4.74 Å². The molecule has 3 fully saturated rings. The standard InChI is InChI=1S/C12H18O2/c1-14-12(13)11-9-5-4-8(6-10(9)11)7-2-3-7/h7-11H,2-6H2,1H3. The number of carbonyl (C=O) groups is 1. The summed E-state index contributed by atoms with van der Waals surface area (Å²) < 4.78 is 4.84. The van der Waals surface area contributed by atoms with E-state index in [4.69, 9.17) is 4.74 Å². The van der Waals surface area contributed by atoms with Crippen molar-refractivity contribution >= 4 is 5.97 Å². The molecule has 0 radical (unpaired) electrons. The minimum absolute atomic E-state index is 0.0523. The third kappa shape index (κ3) is 1.27. The minimum atomic E-state index is 0.0523. The summed E-state index contributed by atoms with van der Waals surface area (Å²) in [5, 5.41) is 0. The van der Waals surface area contributed by atoms with Gasteiger partial charge in [0.15, 0.2) is 0 Å². The van der Waals surface area contributed by atoms with Gasteiger partial charge in [0.05, 0.1) is 13.0 Å². The van der Waals surface area contributed by atoms with Gasteiger partial charge in [-0.1, -0.05) is 0 Å². The number of fused-ring (bicyclic) bond motifs is 1. The van der Waals surface area contributed by atoms with Crippen molar-refractivity contribution in [1.29, 1.82) is 0 Å². The third-order valence-corrected chi connectivity index (χ3v) is 4.54. The Balaban J connectivity index is 1.61. The van der Waals surface area contributed by atoms with Gasteiger partial charge in [-0.05, 0) is 55.8 Å².